The van der Waals surface area contributed by atoms with Crippen molar-refractivity contribution in [1.29, 1.82) is 0 Å². The SMILES string of the molecule is CC(Cc1cccc(CNC(=O)Cc2ccc(N(C)C=O)cc2)c1)NCCc1ccc(O)c2[nH]c(=O)ccc12. The van der Waals surface area contributed by atoms with E-state index in [0.717, 1.165) is 53.6 Å². The molecule has 4 rings (SSSR count). The van der Waals surface area contributed by atoms with Crippen LogP contribution in [0, 0.1) is 0 Å². The van der Waals surface area contributed by atoms with Gasteiger partial charge >= 0.3 is 0 Å². The van der Waals surface area contributed by atoms with E-state index < -0.39 is 0 Å². The molecule has 0 bridgehead atoms. The molecule has 1 heterocycles. The number of amides is 2. The average Bonchev–Trinajstić information content (AvgIpc) is 2.93. The van der Waals surface area contributed by atoms with Gasteiger partial charge in [0.15, 0.2) is 0 Å². The summed E-state index contributed by atoms with van der Waals surface area (Å²) in [5.74, 6) is 0.0133. The first-order valence-corrected chi connectivity index (χ1v) is 13.0. The van der Waals surface area contributed by atoms with Gasteiger partial charge in [0.05, 0.1) is 11.9 Å². The van der Waals surface area contributed by atoms with Crippen LogP contribution in [0.3, 0.4) is 0 Å². The second-order valence-electron chi connectivity index (χ2n) is 9.82. The first-order chi connectivity index (χ1) is 18.8. The number of phenolic OH excluding ortho intramolecular Hbond substituents is 1. The lowest BCUT2D eigenvalue weighted by atomic mass is 10.0. The van der Waals surface area contributed by atoms with Gasteiger partial charge < -0.3 is 25.6 Å². The Morgan fingerprint density at radius 3 is 2.56 bits per heavy atom. The smallest absolute Gasteiger partial charge is 0.248 e. The molecule has 202 valence electrons. The zero-order valence-corrected chi connectivity index (χ0v) is 22.2. The quantitative estimate of drug-likeness (QED) is 0.211. The third-order valence-electron chi connectivity index (χ3n) is 6.74. The number of aromatic hydroxyl groups is 1. The van der Waals surface area contributed by atoms with Crippen molar-refractivity contribution in [1.82, 2.24) is 15.6 Å². The number of aromatic nitrogens is 1. The fourth-order valence-electron chi connectivity index (χ4n) is 4.62. The Morgan fingerprint density at radius 1 is 1.03 bits per heavy atom. The van der Waals surface area contributed by atoms with E-state index in [1.165, 1.54) is 16.5 Å². The van der Waals surface area contributed by atoms with Gasteiger partial charge in [-0.3, -0.25) is 14.4 Å². The maximum Gasteiger partial charge on any atom is 0.248 e. The zero-order valence-electron chi connectivity index (χ0n) is 22.2. The van der Waals surface area contributed by atoms with Gasteiger partial charge in [0, 0.05) is 36.8 Å². The first-order valence-electron chi connectivity index (χ1n) is 13.0. The van der Waals surface area contributed by atoms with E-state index in [4.69, 9.17) is 0 Å². The summed E-state index contributed by atoms with van der Waals surface area (Å²) in [6.45, 7) is 3.35. The largest absolute Gasteiger partial charge is 0.506 e. The second kappa shape index (κ2) is 12.9. The lowest BCUT2D eigenvalue weighted by Crippen LogP contribution is -2.30. The van der Waals surface area contributed by atoms with E-state index in [-0.39, 0.29) is 29.7 Å². The molecule has 0 saturated heterocycles. The van der Waals surface area contributed by atoms with E-state index in [2.05, 4.69) is 34.7 Å². The highest BCUT2D eigenvalue weighted by Crippen LogP contribution is 2.24. The van der Waals surface area contributed by atoms with Gasteiger partial charge in [-0.1, -0.05) is 42.5 Å². The van der Waals surface area contributed by atoms with Gasteiger partial charge in [-0.15, -0.1) is 0 Å². The molecule has 0 saturated carbocycles. The highest BCUT2D eigenvalue weighted by Gasteiger charge is 2.09. The molecule has 3 aromatic carbocycles. The standard InChI is InChI=1S/C31H34N4O4/c1-21(32-15-14-25-8-12-28(37)31-27(25)11-13-29(38)34-31)16-23-4-3-5-24(17-23)19-33-30(39)18-22-6-9-26(10-7-22)35(2)20-36/h3-13,17,20-21,32,37H,14-16,18-19H2,1-2H3,(H,33,39)(H,34,38). The van der Waals surface area contributed by atoms with Crippen LogP contribution in [0.5, 0.6) is 5.75 Å². The van der Waals surface area contributed by atoms with Gasteiger partial charge in [-0.05, 0) is 72.8 Å². The molecule has 2 amide bonds. The molecule has 0 aliphatic heterocycles. The van der Waals surface area contributed by atoms with Crippen LogP contribution in [0.1, 0.15) is 29.2 Å². The molecule has 0 radical (unpaired) electrons. The van der Waals surface area contributed by atoms with Crippen LogP contribution in [-0.2, 0) is 35.4 Å². The highest BCUT2D eigenvalue weighted by atomic mass is 16.3. The topological polar surface area (TPSA) is 115 Å². The van der Waals surface area contributed by atoms with Crippen molar-refractivity contribution in [3.8, 4) is 5.75 Å². The van der Waals surface area contributed by atoms with Crippen molar-refractivity contribution < 1.29 is 14.7 Å². The molecule has 8 nitrogen and oxygen atoms in total. The number of phenols is 1. The third-order valence-corrected chi connectivity index (χ3v) is 6.74. The minimum Gasteiger partial charge on any atom is -0.506 e. The first kappa shape index (κ1) is 27.6. The van der Waals surface area contributed by atoms with Crippen molar-refractivity contribution in [3.05, 3.63) is 105 Å². The number of nitrogens with one attached hydrogen (secondary N) is 3. The van der Waals surface area contributed by atoms with Crippen molar-refractivity contribution >= 4 is 28.9 Å². The number of carbonyl (C=O) groups is 2. The summed E-state index contributed by atoms with van der Waals surface area (Å²) in [5.41, 5.74) is 5.18. The predicted molar refractivity (Wildman–Crippen MR) is 154 cm³/mol. The number of anilines is 1. The van der Waals surface area contributed by atoms with Crippen LogP contribution in [0.15, 0.2) is 77.6 Å². The number of nitrogens with zero attached hydrogens (tertiary/aromatic N) is 1. The monoisotopic (exact) mass is 526 g/mol. The lowest BCUT2D eigenvalue weighted by molar-refractivity contribution is -0.120. The Balaban J connectivity index is 1.25. The molecule has 4 aromatic rings. The summed E-state index contributed by atoms with van der Waals surface area (Å²) in [5, 5.41) is 17.5. The van der Waals surface area contributed by atoms with Gasteiger partial charge in [0.2, 0.25) is 17.9 Å². The van der Waals surface area contributed by atoms with Crippen LogP contribution >= 0.6 is 0 Å². The van der Waals surface area contributed by atoms with Crippen LogP contribution in [0.4, 0.5) is 5.69 Å². The van der Waals surface area contributed by atoms with Crippen molar-refractivity contribution in [3.63, 3.8) is 0 Å². The molecule has 39 heavy (non-hydrogen) atoms. The van der Waals surface area contributed by atoms with Gasteiger partial charge in [0.1, 0.15) is 5.75 Å². The highest BCUT2D eigenvalue weighted by molar-refractivity contribution is 5.87. The minimum atomic E-state index is -0.238. The molecule has 0 spiro atoms. The van der Waals surface area contributed by atoms with Crippen molar-refractivity contribution in [2.24, 2.45) is 0 Å². The number of hydrogen-bond acceptors (Lipinski definition) is 5. The molecule has 1 aromatic heterocycles. The average molecular weight is 527 g/mol. The van der Waals surface area contributed by atoms with E-state index in [0.29, 0.717) is 12.1 Å². The normalized spacial score (nSPS) is 11.7. The van der Waals surface area contributed by atoms with Gasteiger partial charge in [-0.2, -0.15) is 0 Å². The Morgan fingerprint density at radius 2 is 1.79 bits per heavy atom. The summed E-state index contributed by atoms with van der Waals surface area (Å²) >= 11 is 0. The Hall–Kier alpha value is -4.43. The fourth-order valence-corrected chi connectivity index (χ4v) is 4.62. The molecular formula is C31H34N4O4. The Labute approximate surface area is 227 Å². The molecule has 0 aliphatic rings. The van der Waals surface area contributed by atoms with Crippen LogP contribution < -0.4 is 21.1 Å². The number of fused-ring (bicyclic) bond motifs is 1. The number of benzene rings is 3. The summed E-state index contributed by atoms with van der Waals surface area (Å²) in [6.07, 6.45) is 2.62. The number of hydrogen-bond donors (Lipinski definition) is 4. The van der Waals surface area contributed by atoms with E-state index in [9.17, 15) is 19.5 Å². The lowest BCUT2D eigenvalue weighted by Gasteiger charge is -2.15. The van der Waals surface area contributed by atoms with E-state index >= 15 is 0 Å². The van der Waals surface area contributed by atoms with Crippen molar-refractivity contribution in [2.75, 3.05) is 18.5 Å². The minimum absolute atomic E-state index is 0.0576. The van der Waals surface area contributed by atoms with Gasteiger partial charge in [-0.25, -0.2) is 0 Å². The third kappa shape index (κ3) is 7.55. The molecule has 0 aliphatic carbocycles. The predicted octanol–water partition coefficient (Wildman–Crippen LogP) is 3.45. The number of carbonyl (C=O) groups excluding carboxylic acids is 2. The number of pyridine rings is 1. The second-order valence-corrected chi connectivity index (χ2v) is 9.82. The Bertz CT molecular complexity index is 1500. The van der Waals surface area contributed by atoms with E-state index in [1.54, 1.807) is 19.2 Å². The maximum atomic E-state index is 12.5. The molecular weight excluding hydrogens is 492 g/mol. The number of H-pyrrole nitrogens is 1. The van der Waals surface area contributed by atoms with Gasteiger partial charge in [0.25, 0.3) is 0 Å². The number of aromatic amines is 1. The fraction of sp³-hybridized carbons (Fsp3) is 0.258. The maximum absolute atomic E-state index is 12.5. The van der Waals surface area contributed by atoms with Crippen LogP contribution in [-0.4, -0.2) is 42.0 Å². The zero-order chi connectivity index (χ0) is 27.8. The molecule has 4 N–H and O–H groups in total. The van der Waals surface area contributed by atoms with E-state index in [1.807, 2.05) is 42.5 Å². The molecule has 1 atom stereocenters. The Kier molecular flexibility index (Phi) is 9.12. The molecule has 1 unspecified atom stereocenters. The summed E-state index contributed by atoms with van der Waals surface area (Å²) < 4.78 is 0. The molecule has 8 heteroatoms. The number of rotatable bonds is 12. The summed E-state index contributed by atoms with van der Waals surface area (Å²) in [6, 6.07) is 22.6. The van der Waals surface area contributed by atoms with Crippen LogP contribution in [0.2, 0.25) is 0 Å². The summed E-state index contributed by atoms with van der Waals surface area (Å²) in [4.78, 5) is 39.1. The summed E-state index contributed by atoms with van der Waals surface area (Å²) in [7, 11) is 1.68. The molecule has 0 fully saturated rings. The van der Waals surface area contributed by atoms with Crippen molar-refractivity contribution in [2.45, 2.75) is 38.8 Å². The van der Waals surface area contributed by atoms with Crippen LogP contribution in [0.25, 0.3) is 10.9 Å².